The van der Waals surface area contributed by atoms with Crippen molar-refractivity contribution >= 4 is 5.97 Å². The maximum Gasteiger partial charge on any atom is 0.335 e. The molecule has 0 unspecified atom stereocenters. The molecule has 1 aromatic carbocycles. The molecule has 0 amide bonds. The Morgan fingerprint density at radius 1 is 1.43 bits per heavy atom. The smallest absolute Gasteiger partial charge is 0.335 e. The molecule has 0 saturated heterocycles. The van der Waals surface area contributed by atoms with Crippen molar-refractivity contribution < 1.29 is 20.1 Å². The van der Waals surface area contributed by atoms with E-state index < -0.39 is 11.7 Å². The van der Waals surface area contributed by atoms with Gasteiger partial charge in [0, 0.05) is 0 Å². The molecule has 2 N–H and O–H groups in total. The highest BCUT2D eigenvalue weighted by Gasteiger charge is 2.11. The summed E-state index contributed by atoms with van der Waals surface area (Å²) < 4.78 is 0. The molecular weight excluding hydrogens is 184 g/mol. The number of hydrogen-bond acceptors (Lipinski definition) is 3. The minimum absolute atomic E-state index is 0.104. The molecule has 14 heavy (non-hydrogen) atoms. The standard InChI is InChI=1S/C10H12O4/c1-5(2)7-3-6(11)4-8(9(7)12)10(13)14/h3-5,11-12H,1-2H3,(H,13,14)/p-1. The van der Waals surface area contributed by atoms with Gasteiger partial charge in [-0.05, 0) is 23.6 Å². The normalized spacial score (nSPS) is 10.5. The topological polar surface area (TPSA) is 80.6 Å². The van der Waals surface area contributed by atoms with Crippen molar-refractivity contribution in [2.75, 3.05) is 0 Å². The predicted octanol–water partition coefficient (Wildman–Crippen LogP) is 1.29. The van der Waals surface area contributed by atoms with Crippen LogP contribution in [0.2, 0.25) is 0 Å². The third-order valence-corrected chi connectivity index (χ3v) is 1.95. The summed E-state index contributed by atoms with van der Waals surface area (Å²) >= 11 is 0. The third-order valence-electron chi connectivity index (χ3n) is 1.95. The number of benzene rings is 1. The first kappa shape index (κ1) is 10.4. The van der Waals surface area contributed by atoms with Crippen molar-refractivity contribution in [1.29, 1.82) is 0 Å². The molecule has 0 atom stereocenters. The summed E-state index contributed by atoms with van der Waals surface area (Å²) in [6.45, 7) is 3.53. The molecule has 0 aromatic heterocycles. The van der Waals surface area contributed by atoms with Crippen LogP contribution in [0.15, 0.2) is 12.1 Å². The van der Waals surface area contributed by atoms with Gasteiger partial charge in [0.1, 0.15) is 5.75 Å². The van der Waals surface area contributed by atoms with Gasteiger partial charge in [-0.2, -0.15) is 0 Å². The quantitative estimate of drug-likeness (QED) is 0.745. The highest BCUT2D eigenvalue weighted by molar-refractivity contribution is 5.91. The van der Waals surface area contributed by atoms with Crippen LogP contribution in [0.3, 0.4) is 0 Å². The van der Waals surface area contributed by atoms with Crippen molar-refractivity contribution in [3.8, 4) is 11.5 Å². The molecule has 0 heterocycles. The number of hydrogen-bond donors (Lipinski definition) is 2. The van der Waals surface area contributed by atoms with Crippen LogP contribution in [0.1, 0.15) is 35.7 Å². The van der Waals surface area contributed by atoms with Gasteiger partial charge < -0.3 is 15.3 Å². The van der Waals surface area contributed by atoms with Gasteiger partial charge in [-0.15, -0.1) is 0 Å². The average molecular weight is 195 g/mol. The molecule has 0 aliphatic heterocycles. The van der Waals surface area contributed by atoms with Gasteiger partial charge >= 0.3 is 5.97 Å². The Morgan fingerprint density at radius 3 is 2.43 bits per heavy atom. The van der Waals surface area contributed by atoms with Gasteiger partial charge in [0.05, 0.1) is 5.56 Å². The fourth-order valence-corrected chi connectivity index (χ4v) is 1.22. The summed E-state index contributed by atoms with van der Waals surface area (Å²) in [7, 11) is 0. The van der Waals surface area contributed by atoms with E-state index in [1.807, 2.05) is 0 Å². The Balaban J connectivity index is 3.40. The lowest BCUT2D eigenvalue weighted by Crippen LogP contribution is -2.07. The minimum atomic E-state index is -1.31. The average Bonchev–Trinajstić information content (AvgIpc) is 2.07. The van der Waals surface area contributed by atoms with Gasteiger partial charge in [-0.3, -0.25) is 0 Å². The van der Waals surface area contributed by atoms with Crippen LogP contribution < -0.4 is 5.11 Å². The number of carboxylic acids is 1. The van der Waals surface area contributed by atoms with Gasteiger partial charge in [-0.1, -0.05) is 19.6 Å². The number of rotatable bonds is 2. The van der Waals surface area contributed by atoms with Crippen LogP contribution in [0.25, 0.3) is 0 Å². The molecule has 0 radical (unpaired) electrons. The van der Waals surface area contributed by atoms with E-state index in [4.69, 9.17) is 5.11 Å². The van der Waals surface area contributed by atoms with Crippen LogP contribution in [-0.2, 0) is 0 Å². The first-order valence-electron chi connectivity index (χ1n) is 4.20. The van der Waals surface area contributed by atoms with Gasteiger partial charge in [0.2, 0.25) is 0 Å². The summed E-state index contributed by atoms with van der Waals surface area (Å²) in [5.41, 5.74) is -0.0592. The summed E-state index contributed by atoms with van der Waals surface area (Å²) in [6.07, 6.45) is 0. The largest absolute Gasteiger partial charge is 0.872 e. The molecule has 0 aliphatic rings. The van der Waals surface area contributed by atoms with E-state index in [0.717, 1.165) is 6.07 Å². The molecule has 0 saturated carbocycles. The molecule has 1 rings (SSSR count). The lowest BCUT2D eigenvalue weighted by molar-refractivity contribution is -0.270. The van der Waals surface area contributed by atoms with Crippen molar-refractivity contribution in [3.63, 3.8) is 0 Å². The van der Waals surface area contributed by atoms with E-state index in [1.165, 1.54) is 6.07 Å². The number of carboxylic acid groups (broad SMARTS) is 1. The van der Waals surface area contributed by atoms with Crippen molar-refractivity contribution in [2.45, 2.75) is 19.8 Å². The third kappa shape index (κ3) is 1.79. The van der Waals surface area contributed by atoms with E-state index in [1.54, 1.807) is 13.8 Å². The zero-order valence-electron chi connectivity index (χ0n) is 7.94. The van der Waals surface area contributed by atoms with Crippen molar-refractivity contribution in [1.82, 2.24) is 0 Å². The molecule has 1 aromatic rings. The fourth-order valence-electron chi connectivity index (χ4n) is 1.22. The Morgan fingerprint density at radius 2 is 2.00 bits per heavy atom. The molecule has 76 valence electrons. The summed E-state index contributed by atoms with van der Waals surface area (Å²) in [5, 5.41) is 29.4. The molecule has 4 nitrogen and oxygen atoms in total. The fraction of sp³-hybridized carbons (Fsp3) is 0.300. The number of aromatic hydroxyl groups is 1. The van der Waals surface area contributed by atoms with E-state index in [-0.39, 0.29) is 17.2 Å². The van der Waals surface area contributed by atoms with Crippen LogP contribution in [-0.4, -0.2) is 16.2 Å². The number of phenolic OH excluding ortho intramolecular Hbond substituents is 1. The first-order chi connectivity index (χ1) is 6.43. The van der Waals surface area contributed by atoms with Gasteiger partial charge in [0.25, 0.3) is 0 Å². The maximum atomic E-state index is 11.5. The van der Waals surface area contributed by atoms with Crippen LogP contribution >= 0.6 is 0 Å². The number of carbonyl (C=O) groups is 1. The lowest BCUT2D eigenvalue weighted by atomic mass is 9.98. The Labute approximate surface area is 81.4 Å². The molecule has 0 fully saturated rings. The van der Waals surface area contributed by atoms with Crippen LogP contribution in [0.4, 0.5) is 0 Å². The first-order valence-corrected chi connectivity index (χ1v) is 4.20. The van der Waals surface area contributed by atoms with E-state index in [9.17, 15) is 15.0 Å². The minimum Gasteiger partial charge on any atom is -0.872 e. The maximum absolute atomic E-state index is 11.5. The number of phenols is 1. The van der Waals surface area contributed by atoms with Crippen LogP contribution in [0, 0.1) is 0 Å². The highest BCUT2D eigenvalue weighted by Crippen LogP contribution is 2.30. The second-order valence-corrected chi connectivity index (χ2v) is 3.37. The summed E-state index contributed by atoms with van der Waals surface area (Å²) in [6, 6.07) is 2.27. The van der Waals surface area contributed by atoms with Crippen molar-refractivity contribution in [2.24, 2.45) is 0 Å². The van der Waals surface area contributed by atoms with E-state index in [2.05, 4.69) is 0 Å². The van der Waals surface area contributed by atoms with Gasteiger partial charge in [-0.25, -0.2) is 4.79 Å². The van der Waals surface area contributed by atoms with Crippen LogP contribution in [0.5, 0.6) is 11.5 Å². The van der Waals surface area contributed by atoms with Gasteiger partial charge in [0.15, 0.2) is 0 Å². The Kier molecular flexibility index (Phi) is 2.65. The molecule has 0 aliphatic carbocycles. The van der Waals surface area contributed by atoms with E-state index in [0.29, 0.717) is 5.56 Å². The molecule has 4 heteroatoms. The molecular formula is C10H11O4-. The molecule has 0 bridgehead atoms. The highest BCUT2D eigenvalue weighted by atomic mass is 16.4. The zero-order chi connectivity index (χ0) is 10.9. The monoisotopic (exact) mass is 195 g/mol. The Bertz CT molecular complexity index is 369. The second kappa shape index (κ2) is 3.57. The SMILES string of the molecule is CC(C)c1cc(O)cc(C(=O)O)c1[O-]. The number of aromatic carboxylic acids is 1. The second-order valence-electron chi connectivity index (χ2n) is 3.37. The lowest BCUT2D eigenvalue weighted by Gasteiger charge is -2.19. The molecule has 0 spiro atoms. The predicted molar refractivity (Wildman–Crippen MR) is 48.6 cm³/mol. The zero-order valence-corrected chi connectivity index (χ0v) is 7.94. The Hall–Kier alpha value is -1.71. The summed E-state index contributed by atoms with van der Waals surface area (Å²) in [4.78, 5) is 10.6. The van der Waals surface area contributed by atoms with E-state index >= 15 is 0 Å². The van der Waals surface area contributed by atoms with Crippen molar-refractivity contribution in [3.05, 3.63) is 23.3 Å². The summed E-state index contributed by atoms with van der Waals surface area (Å²) in [5.74, 6) is -2.13.